The highest BCUT2D eigenvalue weighted by atomic mass is 32.1. The van der Waals surface area contributed by atoms with Crippen LogP contribution in [-0.4, -0.2) is 130 Å². The monoisotopic (exact) mass is 2020 g/mol. The second-order valence-corrected chi connectivity index (χ2v) is 38.3. The van der Waals surface area contributed by atoms with E-state index in [-0.39, 0.29) is 36.1 Å². The average molecular weight is 2020 g/mol. The summed E-state index contributed by atoms with van der Waals surface area (Å²) in [6.45, 7) is 42.2. The number of hydrogen-bond donors (Lipinski definition) is 6. The number of para-hydroxylation sites is 2. The minimum atomic E-state index is -0.534. The topological polar surface area (TPSA) is 253 Å². The number of carbonyl (C=O) groups is 2. The molecule has 0 aromatic heterocycles. The lowest BCUT2D eigenvalue weighted by molar-refractivity contribution is -0.385. The summed E-state index contributed by atoms with van der Waals surface area (Å²) in [7, 11) is 7.25. The van der Waals surface area contributed by atoms with Gasteiger partial charge < -0.3 is 84.7 Å². The fourth-order valence-electron chi connectivity index (χ4n) is 11.7. The highest BCUT2D eigenvalue weighted by Crippen LogP contribution is 2.24. The predicted molar refractivity (Wildman–Crippen MR) is 594 cm³/mol. The molecule has 139 heavy (non-hydrogen) atoms. The van der Waals surface area contributed by atoms with Crippen molar-refractivity contribution < 1.29 is 57.1 Å². The highest BCUT2D eigenvalue weighted by molar-refractivity contribution is 7.81. The molecule has 2 unspecified atom stereocenters. The summed E-state index contributed by atoms with van der Waals surface area (Å²) >= 11 is 35.7. The normalized spacial score (nSPS) is 10.8. The maximum Gasteiger partial charge on any atom is 0.311 e. The van der Waals surface area contributed by atoms with Gasteiger partial charge in [-0.15, -0.1) is 0 Å². The molecule has 10 aromatic carbocycles. The third-order valence-corrected chi connectivity index (χ3v) is 22.7. The number of hydrogen-bond acceptors (Lipinski definition) is 21. The Morgan fingerprint density at radius 3 is 0.971 bits per heavy atom. The van der Waals surface area contributed by atoms with Crippen LogP contribution < -0.4 is 32.3 Å². The van der Waals surface area contributed by atoms with Crippen molar-refractivity contribution in [1.82, 2.24) is 31.1 Å². The first-order valence-corrected chi connectivity index (χ1v) is 48.8. The van der Waals surface area contributed by atoms with Crippen molar-refractivity contribution in [2.75, 3.05) is 78.6 Å². The fourth-order valence-corrected chi connectivity index (χ4v) is 12.7. The predicted octanol–water partition coefficient (Wildman–Crippen LogP) is 23.5. The lowest BCUT2D eigenvalue weighted by atomic mass is 9.96. The maximum atomic E-state index is 12.3. The fraction of sp³-hybridized carbons (Fsp3) is 0.373. The van der Waals surface area contributed by atoms with Crippen LogP contribution in [0.3, 0.4) is 0 Å². The zero-order valence-electron chi connectivity index (χ0n) is 84.8. The van der Waals surface area contributed by atoms with E-state index in [0.29, 0.717) is 108 Å². The number of aryl methyl sites for hydroxylation is 10. The van der Waals surface area contributed by atoms with Gasteiger partial charge in [-0.2, -0.15) is 0 Å². The van der Waals surface area contributed by atoms with Gasteiger partial charge in [-0.3, -0.25) is 19.7 Å². The van der Waals surface area contributed by atoms with Gasteiger partial charge in [0.15, 0.2) is 0 Å². The van der Waals surface area contributed by atoms with Gasteiger partial charge in [-0.05, 0) is 320 Å². The zero-order chi connectivity index (χ0) is 103. The minimum Gasteiger partial charge on any atom is -0.466 e. The molecule has 0 radical (unpaired) electrons. The third kappa shape index (κ3) is 52.1. The van der Waals surface area contributed by atoms with Crippen LogP contribution in [0.2, 0.25) is 0 Å². The number of carbonyl (C=O) groups excluding carboxylic acids is 2. The number of nitrogens with one attached hydrogen (secondary N) is 5. The molecule has 10 aromatic rings. The standard InChI is InChI=1S/C26H36N2O3S.C26H35NO3S.C15H15NOS.3C11H15NOS.C10H12N2O3S/c1-17-7-8-20(11-18(17)2)13-22(16-30-24(29)26(4,5)6)14-28-25(32)31-15-21-9-10-23(27)19(3)12-21;1-18-7-10-21(11-8-18)16-30-25(31)27-15-23(17-29-24(28)26(4,5)6)14-22-12-9-19(2)20(3)13-22;1-12-7-9-13(10-8-12)11-17-15(18)16-14-5-3-2-4-6-14;1-9-4-6-10(7-5-9)8-13-11(14)12(2)3;2*1-3-12-11(14)13-8-10-6-4-9(2)5-7-10;1-11(2)10(16)15-7-8-5-3-4-6-9(8)12(13)14/h7-12,22H,13-16,27H2,1-6H3,(H,28,32);7-13,23H,14-17H2,1-6H3,(H,27,31);2-10H,11H2,1H3,(H,16,18);4-7H,8H2,1-3H3;2*4-7H,3,8H2,1-2H3,(H,12,14);3-6H,7H2,1-2H3. The van der Waals surface area contributed by atoms with Crippen molar-refractivity contribution in [3.8, 4) is 0 Å². The molecule has 10 rings (SSSR count). The van der Waals surface area contributed by atoms with E-state index in [4.69, 9.17) is 134 Å². The molecule has 0 bridgehead atoms. The van der Waals surface area contributed by atoms with Crippen molar-refractivity contribution in [3.63, 3.8) is 0 Å². The number of rotatable bonds is 30. The quantitative estimate of drug-likeness (QED) is 0.00804. The molecule has 0 amide bonds. The van der Waals surface area contributed by atoms with Gasteiger partial charge in [0.2, 0.25) is 0 Å². The van der Waals surface area contributed by atoms with Crippen molar-refractivity contribution in [1.29, 1.82) is 0 Å². The van der Waals surface area contributed by atoms with Gasteiger partial charge >= 0.3 is 11.9 Å². The summed E-state index contributed by atoms with van der Waals surface area (Å²) in [5.41, 5.74) is 28.3. The molecule has 0 saturated heterocycles. The van der Waals surface area contributed by atoms with Crippen LogP contribution >= 0.6 is 85.5 Å². The molecular weight excluding hydrogens is 1880 g/mol. The molecule has 0 aliphatic heterocycles. The average Bonchev–Trinajstić information content (AvgIpc) is 0.873. The molecule has 2 atom stereocenters. The van der Waals surface area contributed by atoms with Gasteiger partial charge in [-0.1, -0.05) is 228 Å². The lowest BCUT2D eigenvalue weighted by Crippen LogP contribution is -2.34. The number of nitrogens with zero attached hydrogens (tertiary/aromatic N) is 3. The molecule has 0 saturated carbocycles. The van der Waals surface area contributed by atoms with Gasteiger partial charge in [-0.25, -0.2) is 0 Å². The van der Waals surface area contributed by atoms with Crippen LogP contribution in [0.5, 0.6) is 0 Å². The molecule has 0 aliphatic rings. The Kier molecular flexibility index (Phi) is 55.4. The number of esters is 2. The Hall–Kier alpha value is -11.8. The van der Waals surface area contributed by atoms with Gasteiger partial charge in [0.25, 0.3) is 41.9 Å². The van der Waals surface area contributed by atoms with Crippen LogP contribution in [0.15, 0.2) is 231 Å². The molecule has 0 fully saturated rings. The van der Waals surface area contributed by atoms with Crippen molar-refractivity contribution in [2.45, 2.75) is 184 Å². The summed E-state index contributed by atoms with van der Waals surface area (Å²) in [6, 6.07) is 75.9. The van der Waals surface area contributed by atoms with E-state index in [1.807, 2.05) is 186 Å². The van der Waals surface area contributed by atoms with Crippen molar-refractivity contribution in [3.05, 3.63) is 346 Å². The maximum absolute atomic E-state index is 12.3. The Morgan fingerprint density at radius 1 is 0.353 bits per heavy atom. The molecule has 22 nitrogen and oxygen atoms in total. The summed E-state index contributed by atoms with van der Waals surface area (Å²) in [5.74, 6) is -0.269. The zero-order valence-corrected chi connectivity index (χ0v) is 90.5. The van der Waals surface area contributed by atoms with Gasteiger partial charge in [0.1, 0.15) is 46.2 Å². The van der Waals surface area contributed by atoms with Gasteiger partial charge in [0.05, 0.1) is 34.5 Å². The SMILES string of the molecule is CCNC(=S)OCc1ccc(C)cc1.CCNC(=S)OCc1ccc(C)cc1.CN(C)C(=S)OCc1ccccc1[N+](=O)[O-].Cc1ccc(CC(CNC(=S)OCc2ccc(N)c(C)c2)COC(=O)C(C)(C)C)cc1C.Cc1ccc(COC(=S)N(C)C)cc1.Cc1ccc(COC(=S)NCC(COC(=O)C(C)(C)C)Cc2ccc(C)c(C)c2)cc1.Cc1ccc(COC(=S)Nc2ccccc2)cc1. The van der Waals surface area contributed by atoms with Gasteiger partial charge in [0, 0.05) is 83.6 Å². The lowest BCUT2D eigenvalue weighted by Gasteiger charge is -2.22. The van der Waals surface area contributed by atoms with Crippen molar-refractivity contribution in [2.24, 2.45) is 22.7 Å². The molecule has 0 heterocycles. The first kappa shape index (κ1) is 119. The second-order valence-electron chi connectivity index (χ2n) is 35.8. The molecular formula is C110H143N9O13S7. The molecule has 29 heteroatoms. The number of nitrogens with two attached hydrogens (primary N) is 1. The van der Waals surface area contributed by atoms with Crippen LogP contribution in [0.1, 0.15) is 161 Å². The van der Waals surface area contributed by atoms with E-state index in [9.17, 15) is 19.7 Å². The van der Waals surface area contributed by atoms with E-state index in [1.54, 1.807) is 42.1 Å². The Labute approximate surface area is 863 Å². The number of nitrogen functional groups attached to an aromatic ring is 1. The van der Waals surface area contributed by atoms with Crippen LogP contribution in [-0.2, 0) is 111 Å². The largest absolute Gasteiger partial charge is 0.466 e. The number of benzene rings is 10. The number of ether oxygens (including phenoxy) is 9. The third-order valence-electron chi connectivity index (χ3n) is 20.5. The van der Waals surface area contributed by atoms with Crippen molar-refractivity contribution >= 4 is 151 Å². The number of anilines is 2. The number of nitro benzene ring substituents is 1. The van der Waals surface area contributed by atoms with Crippen LogP contribution in [0.4, 0.5) is 17.1 Å². The smallest absolute Gasteiger partial charge is 0.311 e. The first-order valence-electron chi connectivity index (χ1n) is 45.9. The number of nitro groups is 1. The summed E-state index contributed by atoms with van der Waals surface area (Å²) in [5, 5.41) is 28.8. The second kappa shape index (κ2) is 64.4. The van der Waals surface area contributed by atoms with Crippen LogP contribution in [0, 0.1) is 102 Å². The highest BCUT2D eigenvalue weighted by Gasteiger charge is 2.27. The molecule has 0 aliphatic carbocycles. The van der Waals surface area contributed by atoms with E-state index in [2.05, 4.69) is 186 Å². The molecule has 748 valence electrons. The van der Waals surface area contributed by atoms with Crippen LogP contribution in [0.25, 0.3) is 0 Å². The Bertz CT molecular complexity index is 5410. The summed E-state index contributed by atoms with van der Waals surface area (Å²) < 4.78 is 49.4. The molecule has 7 N–H and O–H groups in total. The Morgan fingerprint density at radius 2 is 0.647 bits per heavy atom. The summed E-state index contributed by atoms with van der Waals surface area (Å²) in [4.78, 5) is 38.2. The van der Waals surface area contributed by atoms with E-state index in [0.717, 1.165) is 76.3 Å². The van der Waals surface area contributed by atoms with E-state index in [1.165, 1.54) is 67.3 Å². The van der Waals surface area contributed by atoms with E-state index < -0.39 is 15.8 Å². The first-order chi connectivity index (χ1) is 65.8. The Balaban J connectivity index is 0.000000349. The number of thiocarbonyl (C=S) groups is 7. The molecule has 0 spiro atoms. The summed E-state index contributed by atoms with van der Waals surface area (Å²) in [6.07, 6.45) is 1.55. The minimum absolute atomic E-state index is 0.0454. The van der Waals surface area contributed by atoms with E-state index >= 15 is 0 Å².